The lowest BCUT2D eigenvalue weighted by molar-refractivity contribution is -0.378. The summed E-state index contributed by atoms with van der Waals surface area (Å²) in [5.74, 6) is -6.88. The number of halogens is 3. The Morgan fingerprint density at radius 3 is 2.33 bits per heavy atom. The Hall–Kier alpha value is -2.57. The van der Waals surface area contributed by atoms with E-state index in [1.807, 2.05) is 12.9 Å². The van der Waals surface area contributed by atoms with Crippen LogP contribution in [-0.2, 0) is 19.1 Å². The maximum atomic E-state index is 14.1. The highest BCUT2D eigenvalue weighted by molar-refractivity contribution is 5.78. The van der Waals surface area contributed by atoms with Crippen molar-refractivity contribution in [3.63, 3.8) is 0 Å². The first-order valence-corrected chi connectivity index (χ1v) is 9.44. The molecule has 0 spiro atoms. The number of alkyl halides is 3. The summed E-state index contributed by atoms with van der Waals surface area (Å²) < 4.78 is 52.0. The number of ether oxygens (including phenoxy) is 2. The number of aryl methyl sites for hydroxylation is 1. The monoisotopic (exact) mass is 424 g/mol. The van der Waals surface area contributed by atoms with Gasteiger partial charge in [-0.3, -0.25) is 4.79 Å². The lowest BCUT2D eigenvalue weighted by Crippen LogP contribution is -2.60. The molecule has 8 heteroatoms. The van der Waals surface area contributed by atoms with Crippen molar-refractivity contribution in [2.75, 3.05) is 7.11 Å². The second kappa shape index (κ2) is 7.29. The second-order valence-electron chi connectivity index (χ2n) is 8.62. The van der Waals surface area contributed by atoms with E-state index in [0.717, 1.165) is 12.7 Å². The molecule has 1 aliphatic carbocycles. The van der Waals surface area contributed by atoms with E-state index < -0.39 is 35.2 Å². The van der Waals surface area contributed by atoms with Gasteiger partial charge in [0.25, 0.3) is 0 Å². The maximum Gasteiger partial charge on any atom is 0.456 e. The number of hydrogen-bond acceptors (Lipinski definition) is 5. The average molecular weight is 424 g/mol. The lowest BCUT2D eigenvalue weighted by Gasteiger charge is -2.48. The van der Waals surface area contributed by atoms with Crippen LogP contribution in [-0.4, -0.2) is 36.1 Å². The van der Waals surface area contributed by atoms with Crippen molar-refractivity contribution in [3.8, 4) is 0 Å². The van der Waals surface area contributed by atoms with Crippen LogP contribution in [0.15, 0.2) is 41.2 Å². The standard InChI is InChI=1S/C22H23F3O5/c1-12-5-7-13(8-6-12)17-16-14(11-26)9-20(2,3)10-15(16)30-21(28,22(23,24)25)18(17)19(27)29-4/h5-8,17-18,28H,9-10H2,1-4H3/t17-,18-,21+/m1/s1. The molecule has 0 radical (unpaired) electrons. The normalized spacial score (nSPS) is 28.3. The van der Waals surface area contributed by atoms with Gasteiger partial charge in [0.1, 0.15) is 17.6 Å². The summed E-state index contributed by atoms with van der Waals surface area (Å²) in [7, 11) is 0.940. The van der Waals surface area contributed by atoms with Gasteiger partial charge in [-0.15, -0.1) is 0 Å². The van der Waals surface area contributed by atoms with Gasteiger partial charge in [-0.2, -0.15) is 13.2 Å². The molecule has 3 rings (SSSR count). The van der Waals surface area contributed by atoms with Gasteiger partial charge < -0.3 is 14.6 Å². The molecule has 30 heavy (non-hydrogen) atoms. The van der Waals surface area contributed by atoms with Crippen molar-refractivity contribution in [2.45, 2.75) is 51.5 Å². The molecule has 3 atom stereocenters. The van der Waals surface area contributed by atoms with Crippen LogP contribution in [0.1, 0.15) is 43.7 Å². The summed E-state index contributed by atoms with van der Waals surface area (Å²) >= 11 is 0. The molecule has 1 heterocycles. The molecule has 1 N–H and O–H groups in total. The fraction of sp³-hybridized carbons (Fsp3) is 0.500. The quantitative estimate of drug-likeness (QED) is 0.574. The first-order chi connectivity index (χ1) is 13.8. The third kappa shape index (κ3) is 3.55. The molecule has 162 valence electrons. The molecule has 0 fully saturated rings. The number of aliphatic hydroxyl groups is 1. The van der Waals surface area contributed by atoms with Crippen LogP contribution in [0.3, 0.4) is 0 Å². The topological polar surface area (TPSA) is 72.8 Å². The van der Waals surface area contributed by atoms with Gasteiger partial charge in [-0.25, -0.2) is 4.79 Å². The van der Waals surface area contributed by atoms with Crippen LogP contribution in [0, 0.1) is 18.3 Å². The van der Waals surface area contributed by atoms with E-state index >= 15 is 0 Å². The van der Waals surface area contributed by atoms with Crippen molar-refractivity contribution in [1.82, 2.24) is 0 Å². The van der Waals surface area contributed by atoms with Gasteiger partial charge in [0.15, 0.2) is 0 Å². The third-order valence-corrected chi connectivity index (χ3v) is 5.69. The van der Waals surface area contributed by atoms with Crippen molar-refractivity contribution in [3.05, 3.63) is 52.3 Å². The molecule has 0 unspecified atom stereocenters. The zero-order chi connectivity index (χ0) is 22.5. The molecule has 0 aromatic heterocycles. The molecule has 0 bridgehead atoms. The largest absolute Gasteiger partial charge is 0.469 e. The highest BCUT2D eigenvalue weighted by Gasteiger charge is 2.69. The van der Waals surface area contributed by atoms with E-state index in [0.29, 0.717) is 5.56 Å². The minimum Gasteiger partial charge on any atom is -0.469 e. The van der Waals surface area contributed by atoms with Gasteiger partial charge in [-0.1, -0.05) is 43.7 Å². The highest BCUT2D eigenvalue weighted by Crippen LogP contribution is 2.57. The van der Waals surface area contributed by atoms with Crippen LogP contribution >= 0.6 is 0 Å². The zero-order valence-corrected chi connectivity index (χ0v) is 17.1. The summed E-state index contributed by atoms with van der Waals surface area (Å²) in [4.78, 5) is 24.4. The average Bonchev–Trinajstić information content (AvgIpc) is 2.64. The predicted molar refractivity (Wildman–Crippen MR) is 101 cm³/mol. The van der Waals surface area contributed by atoms with Gasteiger partial charge in [0.05, 0.1) is 7.11 Å². The van der Waals surface area contributed by atoms with E-state index in [2.05, 4.69) is 4.74 Å². The summed E-state index contributed by atoms with van der Waals surface area (Å²) in [6.07, 6.45) is -4.98. The number of carbonyl (C=O) groups is 1. The van der Waals surface area contributed by atoms with Crippen LogP contribution < -0.4 is 0 Å². The third-order valence-electron chi connectivity index (χ3n) is 5.69. The molecule has 1 aromatic carbocycles. The summed E-state index contributed by atoms with van der Waals surface area (Å²) in [6, 6.07) is 6.52. The van der Waals surface area contributed by atoms with Crippen LogP contribution in [0.4, 0.5) is 13.2 Å². The van der Waals surface area contributed by atoms with E-state index in [1.54, 1.807) is 38.1 Å². The zero-order valence-electron chi connectivity index (χ0n) is 17.1. The second-order valence-corrected chi connectivity index (χ2v) is 8.62. The van der Waals surface area contributed by atoms with E-state index in [9.17, 15) is 27.9 Å². The number of methoxy groups -OCH3 is 1. The fourth-order valence-corrected chi connectivity index (χ4v) is 4.31. The number of carbonyl (C=O) groups excluding carboxylic acids is 2. The minimum absolute atomic E-state index is 0.0577. The minimum atomic E-state index is -5.29. The predicted octanol–water partition coefficient (Wildman–Crippen LogP) is 3.98. The van der Waals surface area contributed by atoms with Crippen molar-refractivity contribution < 1.29 is 37.3 Å². The molecule has 0 saturated heterocycles. The number of hydrogen-bond donors (Lipinski definition) is 1. The van der Waals surface area contributed by atoms with Crippen LogP contribution in [0.5, 0.6) is 0 Å². The Morgan fingerprint density at radius 2 is 1.83 bits per heavy atom. The number of benzene rings is 1. The van der Waals surface area contributed by atoms with Crippen molar-refractivity contribution >= 4 is 11.9 Å². The molecule has 2 aliphatic rings. The SMILES string of the molecule is COC(=O)[C@H]1[C@H](c2ccc(C)cc2)C2=C(CC(C)(C)CC2=C=O)O[C@]1(O)C(F)(F)F. The van der Waals surface area contributed by atoms with E-state index in [1.165, 1.54) is 0 Å². The highest BCUT2D eigenvalue weighted by atomic mass is 19.4. The fourth-order valence-electron chi connectivity index (χ4n) is 4.31. The molecule has 5 nitrogen and oxygen atoms in total. The van der Waals surface area contributed by atoms with E-state index in [-0.39, 0.29) is 29.7 Å². The first-order valence-electron chi connectivity index (χ1n) is 9.44. The summed E-state index contributed by atoms with van der Waals surface area (Å²) in [5, 5.41) is 10.7. The number of esters is 1. The Balaban J connectivity index is 2.36. The lowest BCUT2D eigenvalue weighted by atomic mass is 9.65. The molecule has 0 amide bonds. The Kier molecular flexibility index (Phi) is 5.37. The van der Waals surface area contributed by atoms with Gasteiger partial charge in [-0.05, 0) is 24.3 Å². The Labute approximate surface area is 172 Å². The van der Waals surface area contributed by atoms with Crippen molar-refractivity contribution in [1.29, 1.82) is 0 Å². The van der Waals surface area contributed by atoms with Gasteiger partial charge in [0.2, 0.25) is 0 Å². The first kappa shape index (κ1) is 22.1. The van der Waals surface area contributed by atoms with Crippen LogP contribution in [0.2, 0.25) is 0 Å². The van der Waals surface area contributed by atoms with E-state index in [4.69, 9.17) is 4.74 Å². The Bertz CT molecular complexity index is 939. The summed E-state index contributed by atoms with van der Waals surface area (Å²) in [5.41, 5.74) is 0.898. The molecule has 1 aromatic rings. The number of rotatable bonds is 2. The van der Waals surface area contributed by atoms with Gasteiger partial charge in [0, 0.05) is 23.5 Å². The Morgan fingerprint density at radius 1 is 1.23 bits per heavy atom. The summed E-state index contributed by atoms with van der Waals surface area (Å²) in [6.45, 7) is 5.36. The van der Waals surface area contributed by atoms with Gasteiger partial charge >= 0.3 is 17.9 Å². The smallest absolute Gasteiger partial charge is 0.456 e. The van der Waals surface area contributed by atoms with Crippen LogP contribution in [0.25, 0.3) is 0 Å². The maximum absolute atomic E-state index is 14.1. The molecular weight excluding hydrogens is 401 g/mol. The molecular formula is C22H23F3O5. The molecule has 0 saturated carbocycles. The number of allylic oxidation sites excluding steroid dienone is 3. The molecule has 1 aliphatic heterocycles. The van der Waals surface area contributed by atoms with Crippen molar-refractivity contribution in [2.24, 2.45) is 11.3 Å².